The zero-order valence-corrected chi connectivity index (χ0v) is 18.2. The Morgan fingerprint density at radius 3 is 2.07 bits per heavy atom. The van der Waals surface area contributed by atoms with E-state index in [0.717, 1.165) is 25.9 Å². The molecule has 0 radical (unpaired) electrons. The average Bonchev–Trinajstić information content (AvgIpc) is 2.67. The van der Waals surface area contributed by atoms with Crippen LogP contribution in [0, 0.1) is 0 Å². The molecule has 2 aliphatic heterocycles. The van der Waals surface area contributed by atoms with Gasteiger partial charge in [-0.05, 0) is 64.7 Å². The first kappa shape index (κ1) is 22.9. The average molecular weight is 422 g/mol. The molecular formula is C19H36ClN3O3S. The van der Waals surface area contributed by atoms with Crippen LogP contribution in [0.25, 0.3) is 0 Å². The van der Waals surface area contributed by atoms with E-state index in [-0.39, 0.29) is 23.9 Å². The quantitative estimate of drug-likeness (QED) is 0.708. The molecule has 0 spiro atoms. The number of sulfone groups is 1. The highest BCUT2D eigenvalue weighted by molar-refractivity contribution is 7.92. The smallest absolute Gasteiger partial charge is 0.241 e. The van der Waals surface area contributed by atoms with Crippen molar-refractivity contribution in [3.05, 3.63) is 0 Å². The zero-order chi connectivity index (χ0) is 18.7. The first-order chi connectivity index (χ1) is 12.4. The molecule has 27 heavy (non-hydrogen) atoms. The Balaban J connectivity index is 0.00000261. The zero-order valence-electron chi connectivity index (χ0n) is 16.6. The van der Waals surface area contributed by atoms with Crippen molar-refractivity contribution in [3.8, 4) is 0 Å². The predicted molar refractivity (Wildman–Crippen MR) is 111 cm³/mol. The van der Waals surface area contributed by atoms with Gasteiger partial charge in [-0.1, -0.05) is 25.7 Å². The molecule has 3 rings (SSSR count). The van der Waals surface area contributed by atoms with Crippen molar-refractivity contribution in [2.24, 2.45) is 0 Å². The molecule has 2 N–H and O–H groups in total. The number of nitrogens with one attached hydrogen (secondary N) is 2. The molecule has 1 saturated carbocycles. The molecule has 8 heteroatoms. The van der Waals surface area contributed by atoms with Crippen molar-refractivity contribution in [2.45, 2.75) is 74.5 Å². The Morgan fingerprint density at radius 2 is 1.52 bits per heavy atom. The van der Waals surface area contributed by atoms with Crippen LogP contribution in [0.2, 0.25) is 0 Å². The van der Waals surface area contributed by atoms with Crippen LogP contribution >= 0.6 is 12.4 Å². The Hall–Kier alpha value is -0.370. The summed E-state index contributed by atoms with van der Waals surface area (Å²) in [4.78, 5) is 15.7. The van der Waals surface area contributed by atoms with Gasteiger partial charge >= 0.3 is 0 Å². The minimum absolute atomic E-state index is 0. The van der Waals surface area contributed by atoms with Crippen LogP contribution in [-0.2, 0) is 14.6 Å². The lowest BCUT2D eigenvalue weighted by molar-refractivity contribution is -0.125. The van der Waals surface area contributed by atoms with Gasteiger partial charge in [0.25, 0.3) is 0 Å². The molecule has 3 aliphatic rings. The number of hydrogen-bond donors (Lipinski definition) is 2. The van der Waals surface area contributed by atoms with Crippen molar-refractivity contribution in [1.29, 1.82) is 0 Å². The highest BCUT2D eigenvalue weighted by Gasteiger charge is 2.49. The summed E-state index contributed by atoms with van der Waals surface area (Å²) >= 11 is 0. The number of amides is 1. The van der Waals surface area contributed by atoms with Gasteiger partial charge in [0.1, 0.15) is 0 Å². The Kier molecular flexibility index (Phi) is 7.99. The summed E-state index contributed by atoms with van der Waals surface area (Å²) in [5.41, 5.74) is 0.0277. The molecule has 1 amide bonds. The maximum atomic E-state index is 13.1. The lowest BCUT2D eigenvalue weighted by Crippen LogP contribution is -2.62. The molecule has 0 aromatic carbocycles. The summed E-state index contributed by atoms with van der Waals surface area (Å²) in [5.74, 6) is -0.275. The lowest BCUT2D eigenvalue weighted by Gasteiger charge is -2.49. The van der Waals surface area contributed by atoms with Crippen LogP contribution < -0.4 is 10.6 Å². The molecule has 1 aliphatic carbocycles. The van der Waals surface area contributed by atoms with Crippen LogP contribution in [0.5, 0.6) is 0 Å². The van der Waals surface area contributed by atoms with E-state index in [4.69, 9.17) is 0 Å². The first-order valence-corrected chi connectivity index (χ1v) is 12.2. The second-order valence-electron chi connectivity index (χ2n) is 8.53. The maximum Gasteiger partial charge on any atom is 0.241 e. The predicted octanol–water partition coefficient (Wildman–Crippen LogP) is 1.88. The standard InChI is InChI=1S/C19H35N3O3S.ClH/c1-26(24,25)19(10-12-20-13-11-19)17(23)21-16-18(8-4-2-5-9-18)22-14-6-3-7-15-22;/h20H,2-16H2,1H3,(H,21,23);1H. The summed E-state index contributed by atoms with van der Waals surface area (Å²) in [6.07, 6.45) is 11.6. The van der Waals surface area contributed by atoms with Gasteiger partial charge in [-0.3, -0.25) is 9.69 Å². The van der Waals surface area contributed by atoms with Crippen LogP contribution in [-0.4, -0.2) is 68.5 Å². The summed E-state index contributed by atoms with van der Waals surface area (Å²) in [6, 6.07) is 0. The third-order valence-corrected chi connectivity index (χ3v) is 8.94. The third-order valence-electron chi connectivity index (χ3n) is 6.92. The molecule has 0 aromatic heterocycles. The van der Waals surface area contributed by atoms with Gasteiger partial charge in [-0.25, -0.2) is 8.42 Å². The minimum Gasteiger partial charge on any atom is -0.353 e. The molecule has 2 saturated heterocycles. The molecule has 3 fully saturated rings. The van der Waals surface area contributed by atoms with E-state index in [1.165, 1.54) is 44.8 Å². The third kappa shape index (κ3) is 4.80. The van der Waals surface area contributed by atoms with Crippen molar-refractivity contribution >= 4 is 28.2 Å². The van der Waals surface area contributed by atoms with Crippen LogP contribution in [0.15, 0.2) is 0 Å². The fourth-order valence-electron chi connectivity index (χ4n) is 5.19. The molecule has 0 unspecified atom stereocenters. The Bertz CT molecular complexity index is 593. The SMILES string of the molecule is CS(=O)(=O)C1(C(=O)NCC2(N3CCCCC3)CCCCC2)CCNCC1.Cl. The molecule has 158 valence electrons. The minimum atomic E-state index is -3.45. The Labute approximate surface area is 170 Å². The number of halogens is 1. The summed E-state index contributed by atoms with van der Waals surface area (Å²) in [5, 5.41) is 6.30. The molecule has 0 atom stereocenters. The first-order valence-electron chi connectivity index (χ1n) is 10.3. The van der Waals surface area contributed by atoms with Gasteiger partial charge in [0.2, 0.25) is 5.91 Å². The van der Waals surface area contributed by atoms with Gasteiger partial charge in [0.05, 0.1) is 0 Å². The number of hydrogen-bond acceptors (Lipinski definition) is 5. The van der Waals surface area contributed by atoms with E-state index in [9.17, 15) is 13.2 Å². The normalized spacial score (nSPS) is 26.0. The van der Waals surface area contributed by atoms with Crippen molar-refractivity contribution in [3.63, 3.8) is 0 Å². The maximum absolute atomic E-state index is 13.1. The van der Waals surface area contributed by atoms with Gasteiger partial charge in [0, 0.05) is 18.3 Å². The molecule has 6 nitrogen and oxygen atoms in total. The van der Waals surface area contributed by atoms with Crippen molar-refractivity contribution < 1.29 is 13.2 Å². The molecule has 0 aromatic rings. The molecule has 2 heterocycles. The van der Waals surface area contributed by atoms with E-state index in [2.05, 4.69) is 15.5 Å². The summed E-state index contributed by atoms with van der Waals surface area (Å²) in [7, 11) is -3.45. The van der Waals surface area contributed by atoms with E-state index in [1.54, 1.807) is 0 Å². The number of rotatable bonds is 5. The number of carbonyl (C=O) groups excluding carboxylic acids is 1. The van der Waals surface area contributed by atoms with Gasteiger partial charge in [0.15, 0.2) is 14.6 Å². The highest BCUT2D eigenvalue weighted by Crippen LogP contribution is 2.36. The number of likely N-dealkylation sites (tertiary alicyclic amines) is 1. The second kappa shape index (κ2) is 9.42. The fraction of sp³-hybridized carbons (Fsp3) is 0.947. The van der Waals surface area contributed by atoms with E-state index in [1.807, 2.05) is 0 Å². The van der Waals surface area contributed by atoms with Crippen LogP contribution in [0.4, 0.5) is 0 Å². The Morgan fingerprint density at radius 1 is 0.963 bits per heavy atom. The van der Waals surface area contributed by atoms with Gasteiger partial charge < -0.3 is 10.6 Å². The van der Waals surface area contributed by atoms with Crippen molar-refractivity contribution in [2.75, 3.05) is 39.0 Å². The molecule has 0 bridgehead atoms. The van der Waals surface area contributed by atoms with Crippen LogP contribution in [0.3, 0.4) is 0 Å². The summed E-state index contributed by atoms with van der Waals surface area (Å²) < 4.78 is 23.7. The van der Waals surface area contributed by atoms with E-state index >= 15 is 0 Å². The largest absolute Gasteiger partial charge is 0.353 e. The van der Waals surface area contributed by atoms with Crippen LogP contribution in [0.1, 0.15) is 64.2 Å². The number of piperidine rings is 2. The van der Waals surface area contributed by atoms with Crippen molar-refractivity contribution in [1.82, 2.24) is 15.5 Å². The monoisotopic (exact) mass is 421 g/mol. The lowest BCUT2D eigenvalue weighted by atomic mass is 9.79. The van der Waals surface area contributed by atoms with E-state index in [0.29, 0.717) is 32.5 Å². The molecular weight excluding hydrogens is 386 g/mol. The second-order valence-corrected chi connectivity index (χ2v) is 10.9. The fourth-order valence-corrected chi connectivity index (χ4v) is 6.54. The van der Waals surface area contributed by atoms with E-state index < -0.39 is 14.6 Å². The topological polar surface area (TPSA) is 78.5 Å². The number of nitrogens with zero attached hydrogens (tertiary/aromatic N) is 1. The summed E-state index contributed by atoms with van der Waals surface area (Å²) in [6.45, 7) is 3.97. The van der Waals surface area contributed by atoms with Gasteiger partial charge in [-0.2, -0.15) is 0 Å². The van der Waals surface area contributed by atoms with Gasteiger partial charge in [-0.15, -0.1) is 12.4 Å². The highest BCUT2D eigenvalue weighted by atomic mass is 35.5. The number of carbonyl (C=O) groups is 1.